The Balaban J connectivity index is 1.60. The van der Waals surface area contributed by atoms with Gasteiger partial charge in [0.1, 0.15) is 11.5 Å². The van der Waals surface area contributed by atoms with Crippen LogP contribution in [-0.2, 0) is 21.3 Å². The standard InChI is InChI=1S/C22H21F9O4S/c1-18-9-8-14-13-5-3-12(10-11(13)2-4-15(14)16(18)6-7-17(18)32)35-36(33,34)22(30,31)20(25,26)19(23,24)21(27,28)29/h3,5,10,14-16H,2,4,6-9H2,1H3/t14?,15?,16?,18-/m0/s1. The molecule has 0 bridgehead atoms. The number of halogens is 9. The van der Waals surface area contributed by atoms with Crippen molar-refractivity contribution in [3.63, 3.8) is 0 Å². The summed E-state index contributed by atoms with van der Waals surface area (Å²) in [5.74, 6) is -15.2. The quantitative estimate of drug-likeness (QED) is 0.320. The van der Waals surface area contributed by atoms with Crippen LogP contribution in [0.3, 0.4) is 0 Å². The number of aryl methyl sites for hydroxylation is 1. The van der Waals surface area contributed by atoms with Crippen LogP contribution in [0, 0.1) is 17.3 Å². The first-order valence-electron chi connectivity index (χ1n) is 11.1. The van der Waals surface area contributed by atoms with Crippen molar-refractivity contribution in [2.24, 2.45) is 17.3 Å². The molecule has 0 radical (unpaired) electrons. The van der Waals surface area contributed by atoms with Gasteiger partial charge in [-0.1, -0.05) is 13.0 Å². The number of carbonyl (C=O) groups is 1. The van der Waals surface area contributed by atoms with Gasteiger partial charge in [0.05, 0.1) is 0 Å². The van der Waals surface area contributed by atoms with Crippen molar-refractivity contribution in [2.45, 2.75) is 74.6 Å². The second kappa shape index (κ2) is 8.00. The third-order valence-corrected chi connectivity index (χ3v) is 9.34. The highest BCUT2D eigenvalue weighted by atomic mass is 32.2. The van der Waals surface area contributed by atoms with E-state index < -0.39 is 44.6 Å². The van der Waals surface area contributed by atoms with Gasteiger partial charge >= 0.3 is 33.4 Å². The van der Waals surface area contributed by atoms with Gasteiger partial charge in [-0.3, -0.25) is 4.79 Å². The first kappa shape index (κ1) is 27.1. The molecule has 1 aromatic rings. The van der Waals surface area contributed by atoms with Gasteiger partial charge in [0.25, 0.3) is 0 Å². The average Bonchev–Trinajstić information content (AvgIpc) is 3.06. The van der Waals surface area contributed by atoms with Crippen molar-refractivity contribution < 1.29 is 56.9 Å². The molecule has 0 heterocycles. The minimum Gasteiger partial charge on any atom is -0.378 e. The molecule has 4 nitrogen and oxygen atoms in total. The van der Waals surface area contributed by atoms with E-state index in [1.807, 2.05) is 6.92 Å². The van der Waals surface area contributed by atoms with Gasteiger partial charge in [0.15, 0.2) is 0 Å². The number of rotatable bonds is 5. The molecule has 14 heteroatoms. The SMILES string of the molecule is C[C@]12CCC3c4ccc(OS(=O)(=O)C(F)(F)C(F)(F)C(F)(F)C(F)(F)F)cc4CCC3C1CCC2=O. The molecule has 1 aromatic carbocycles. The normalized spacial score (nSPS) is 29.4. The van der Waals surface area contributed by atoms with E-state index >= 15 is 0 Å². The van der Waals surface area contributed by atoms with E-state index in [2.05, 4.69) is 4.18 Å². The molecule has 2 fully saturated rings. The maximum absolute atomic E-state index is 14.0. The zero-order chi connectivity index (χ0) is 27.1. The number of carbonyl (C=O) groups excluding carboxylic acids is 1. The van der Waals surface area contributed by atoms with Crippen LogP contribution >= 0.6 is 0 Å². The van der Waals surface area contributed by atoms with Crippen LogP contribution in [-0.4, -0.2) is 37.5 Å². The minimum atomic E-state index is -7.36. The zero-order valence-corrected chi connectivity index (χ0v) is 19.5. The number of ketones is 1. The van der Waals surface area contributed by atoms with Gasteiger partial charge in [-0.05, 0) is 73.1 Å². The Morgan fingerprint density at radius 1 is 0.917 bits per heavy atom. The number of alkyl halides is 9. The first-order chi connectivity index (χ1) is 16.3. The molecular weight excluding hydrogens is 531 g/mol. The summed E-state index contributed by atoms with van der Waals surface area (Å²) in [6, 6.07) is 3.19. The van der Waals surface area contributed by atoms with Gasteiger partial charge in [-0.15, -0.1) is 0 Å². The molecular formula is C22H21F9O4S. The van der Waals surface area contributed by atoms with Gasteiger partial charge in [-0.25, -0.2) is 0 Å². The second-order valence-electron chi connectivity index (χ2n) is 9.89. The lowest BCUT2D eigenvalue weighted by Gasteiger charge is -2.48. The predicted molar refractivity (Wildman–Crippen MR) is 107 cm³/mol. The summed E-state index contributed by atoms with van der Waals surface area (Å²) in [6.45, 7) is 1.94. The molecule has 3 unspecified atom stereocenters. The highest BCUT2D eigenvalue weighted by Gasteiger charge is 2.86. The van der Waals surface area contributed by atoms with E-state index in [0.717, 1.165) is 24.1 Å². The lowest BCUT2D eigenvalue weighted by Crippen LogP contribution is -2.63. The molecule has 2 saturated carbocycles. The summed E-state index contributed by atoms with van der Waals surface area (Å²) >= 11 is 0. The first-order valence-corrected chi connectivity index (χ1v) is 12.5. The van der Waals surface area contributed by atoms with E-state index in [9.17, 15) is 52.7 Å². The minimum absolute atomic E-state index is 0.0281. The van der Waals surface area contributed by atoms with Crippen LogP contribution in [0.15, 0.2) is 18.2 Å². The number of hydrogen-bond donors (Lipinski definition) is 0. The van der Waals surface area contributed by atoms with Crippen molar-refractivity contribution in [3.05, 3.63) is 29.3 Å². The highest BCUT2D eigenvalue weighted by Crippen LogP contribution is 2.60. The topological polar surface area (TPSA) is 60.4 Å². The fourth-order valence-electron chi connectivity index (χ4n) is 6.08. The lowest BCUT2D eigenvalue weighted by atomic mass is 9.55. The summed E-state index contributed by atoms with van der Waals surface area (Å²) in [6.07, 6.45) is -3.80. The molecule has 0 aromatic heterocycles. The summed E-state index contributed by atoms with van der Waals surface area (Å²) in [4.78, 5) is 12.4. The molecule has 0 aliphatic heterocycles. The summed E-state index contributed by atoms with van der Waals surface area (Å²) < 4.78 is 146. The molecule has 0 saturated heterocycles. The van der Waals surface area contributed by atoms with Crippen molar-refractivity contribution in [1.29, 1.82) is 0 Å². The molecule has 3 aliphatic rings. The molecule has 4 rings (SSSR count). The summed E-state index contributed by atoms with van der Waals surface area (Å²) in [7, 11) is -6.99. The van der Waals surface area contributed by atoms with Crippen molar-refractivity contribution in [1.82, 2.24) is 0 Å². The van der Waals surface area contributed by atoms with Crippen LogP contribution in [0.5, 0.6) is 5.75 Å². The number of hydrogen-bond acceptors (Lipinski definition) is 4. The third-order valence-electron chi connectivity index (χ3n) is 8.04. The van der Waals surface area contributed by atoms with Crippen LogP contribution in [0.4, 0.5) is 39.5 Å². The molecule has 0 N–H and O–H groups in total. The van der Waals surface area contributed by atoms with Crippen LogP contribution < -0.4 is 4.18 Å². The van der Waals surface area contributed by atoms with E-state index in [1.54, 1.807) is 0 Å². The Morgan fingerprint density at radius 2 is 1.56 bits per heavy atom. The van der Waals surface area contributed by atoms with Gasteiger partial charge in [-0.2, -0.15) is 47.9 Å². The number of Topliss-reactive ketones (excluding diaryl/α,β-unsaturated/α-hetero) is 1. The molecule has 202 valence electrons. The van der Waals surface area contributed by atoms with E-state index in [-0.39, 0.29) is 23.5 Å². The predicted octanol–water partition coefficient (Wildman–Crippen LogP) is 6.25. The summed E-state index contributed by atoms with van der Waals surface area (Å²) in [5.41, 5.74) is 0.760. The fraction of sp³-hybridized carbons (Fsp3) is 0.682. The highest BCUT2D eigenvalue weighted by molar-refractivity contribution is 7.88. The Morgan fingerprint density at radius 3 is 2.17 bits per heavy atom. The molecule has 0 amide bonds. The summed E-state index contributed by atoms with van der Waals surface area (Å²) in [5, 5.41) is -6.91. The van der Waals surface area contributed by atoms with E-state index in [4.69, 9.17) is 0 Å². The molecule has 0 spiro atoms. The van der Waals surface area contributed by atoms with Crippen molar-refractivity contribution >= 4 is 15.9 Å². The Kier molecular flexibility index (Phi) is 6.01. The Labute approximate surface area is 200 Å². The van der Waals surface area contributed by atoms with Crippen molar-refractivity contribution in [2.75, 3.05) is 0 Å². The van der Waals surface area contributed by atoms with Crippen LogP contribution in [0.1, 0.15) is 56.1 Å². The monoisotopic (exact) mass is 552 g/mol. The molecule has 4 atom stereocenters. The van der Waals surface area contributed by atoms with Gasteiger partial charge in [0.2, 0.25) is 0 Å². The maximum Gasteiger partial charge on any atom is 0.460 e. The van der Waals surface area contributed by atoms with Crippen LogP contribution in [0.25, 0.3) is 0 Å². The van der Waals surface area contributed by atoms with Crippen molar-refractivity contribution in [3.8, 4) is 5.75 Å². The average molecular weight is 552 g/mol. The second-order valence-corrected chi connectivity index (χ2v) is 11.5. The number of benzene rings is 1. The Bertz CT molecular complexity index is 1180. The largest absolute Gasteiger partial charge is 0.460 e. The number of fused-ring (bicyclic) bond motifs is 5. The molecule has 36 heavy (non-hydrogen) atoms. The van der Waals surface area contributed by atoms with E-state index in [1.165, 1.54) is 6.07 Å². The van der Waals surface area contributed by atoms with Gasteiger partial charge < -0.3 is 4.18 Å². The smallest absolute Gasteiger partial charge is 0.378 e. The zero-order valence-electron chi connectivity index (χ0n) is 18.6. The third kappa shape index (κ3) is 3.64. The fourth-order valence-corrected chi connectivity index (χ4v) is 6.98. The van der Waals surface area contributed by atoms with Gasteiger partial charge in [0, 0.05) is 11.8 Å². The van der Waals surface area contributed by atoms with Crippen LogP contribution in [0.2, 0.25) is 0 Å². The maximum atomic E-state index is 14.0. The van der Waals surface area contributed by atoms with E-state index in [0.29, 0.717) is 37.7 Å². The lowest BCUT2D eigenvalue weighted by molar-refractivity contribution is -0.382. The molecule has 3 aliphatic carbocycles. The Hall–Kier alpha value is -1.99.